The molecule has 1 fully saturated rings. The van der Waals surface area contributed by atoms with Crippen LogP contribution in [-0.2, 0) is 14.1 Å². The van der Waals surface area contributed by atoms with Crippen LogP contribution < -0.4 is 20.9 Å². The molecule has 2 heterocycles. The van der Waals surface area contributed by atoms with Crippen molar-refractivity contribution in [3.05, 3.63) is 56.4 Å². The first kappa shape index (κ1) is 21.6. The van der Waals surface area contributed by atoms with Crippen LogP contribution in [0.2, 0.25) is 0 Å². The van der Waals surface area contributed by atoms with Gasteiger partial charge < -0.3 is 14.8 Å². The predicted molar refractivity (Wildman–Crippen MR) is 114 cm³/mol. The molecule has 0 radical (unpaired) electrons. The van der Waals surface area contributed by atoms with Gasteiger partial charge in [0, 0.05) is 58.4 Å². The number of nitrogens with zero attached hydrogens (tertiary/aromatic N) is 6. The van der Waals surface area contributed by atoms with Crippen LogP contribution in [0.1, 0.15) is 6.42 Å². The summed E-state index contributed by atoms with van der Waals surface area (Å²) < 4.78 is 7.60. The molecule has 0 unspecified atom stereocenters. The zero-order valence-electron chi connectivity index (χ0n) is 17.7. The minimum absolute atomic E-state index is 0.0588. The van der Waals surface area contributed by atoms with Gasteiger partial charge in [0.2, 0.25) is 5.82 Å². The molecule has 0 N–H and O–H groups in total. The van der Waals surface area contributed by atoms with Gasteiger partial charge in [0.25, 0.3) is 5.56 Å². The monoisotopic (exact) mass is 416 g/mol. The molecular formula is C20H28N6O4. The Balaban J connectivity index is 1.50. The molecule has 3 rings (SSSR count). The van der Waals surface area contributed by atoms with Crippen molar-refractivity contribution in [3.63, 3.8) is 0 Å². The Morgan fingerprint density at radius 2 is 1.80 bits per heavy atom. The normalized spacial score (nSPS) is 15.4. The van der Waals surface area contributed by atoms with Crippen molar-refractivity contribution in [1.82, 2.24) is 14.0 Å². The number of azo groups is 1. The first-order valence-electron chi connectivity index (χ1n) is 9.94. The molecule has 1 aliphatic rings. The first-order chi connectivity index (χ1) is 14.4. The largest absolute Gasteiger partial charge is 0.600 e. The molecule has 10 heteroatoms. The van der Waals surface area contributed by atoms with E-state index in [1.54, 1.807) is 7.11 Å². The SMILES string of the molecule is COc1ccccc1N1CCN(CCC[N+]([O-])=Nc2cc(=O)n(C)c(=O)n2C)CC1. The summed E-state index contributed by atoms with van der Waals surface area (Å²) in [5.41, 5.74) is 0.101. The van der Waals surface area contributed by atoms with E-state index in [1.807, 2.05) is 18.2 Å². The van der Waals surface area contributed by atoms with Crippen LogP contribution in [-0.4, -0.2) is 65.3 Å². The molecule has 1 saturated heterocycles. The highest BCUT2D eigenvalue weighted by Gasteiger charge is 2.19. The van der Waals surface area contributed by atoms with Gasteiger partial charge in [-0.1, -0.05) is 17.0 Å². The maximum Gasteiger partial charge on any atom is 0.332 e. The Hall–Kier alpha value is -3.14. The third kappa shape index (κ3) is 4.88. The van der Waals surface area contributed by atoms with Crippen molar-refractivity contribution in [3.8, 4) is 5.75 Å². The number of benzene rings is 1. The summed E-state index contributed by atoms with van der Waals surface area (Å²) in [6, 6.07) is 9.18. The van der Waals surface area contributed by atoms with Crippen molar-refractivity contribution in [2.45, 2.75) is 6.42 Å². The van der Waals surface area contributed by atoms with Crippen LogP contribution in [0.15, 0.2) is 45.0 Å². The second-order valence-electron chi connectivity index (χ2n) is 7.27. The maximum atomic E-state index is 12.1. The average molecular weight is 416 g/mol. The van der Waals surface area contributed by atoms with E-state index in [4.69, 9.17) is 4.74 Å². The van der Waals surface area contributed by atoms with Crippen molar-refractivity contribution < 1.29 is 9.60 Å². The van der Waals surface area contributed by atoms with Crippen molar-refractivity contribution in [2.75, 3.05) is 51.3 Å². The molecule has 0 atom stereocenters. The second kappa shape index (κ2) is 9.57. The Morgan fingerprint density at radius 3 is 2.50 bits per heavy atom. The fourth-order valence-corrected chi connectivity index (χ4v) is 3.51. The molecule has 0 saturated carbocycles. The van der Waals surface area contributed by atoms with Gasteiger partial charge in [-0.3, -0.25) is 18.8 Å². The van der Waals surface area contributed by atoms with Gasteiger partial charge in [-0.25, -0.2) is 4.79 Å². The minimum Gasteiger partial charge on any atom is -0.600 e. The molecule has 0 amide bonds. The second-order valence-corrected chi connectivity index (χ2v) is 7.27. The first-order valence-corrected chi connectivity index (χ1v) is 9.94. The number of methoxy groups -OCH3 is 1. The molecular weight excluding hydrogens is 388 g/mol. The summed E-state index contributed by atoms with van der Waals surface area (Å²) in [5.74, 6) is 0.934. The van der Waals surface area contributed by atoms with Crippen molar-refractivity contribution in [1.29, 1.82) is 0 Å². The number of aromatic nitrogens is 2. The number of hydroxylamine groups is 1. The number of hydrogen-bond donors (Lipinski definition) is 0. The fourth-order valence-electron chi connectivity index (χ4n) is 3.51. The van der Waals surface area contributed by atoms with Crippen molar-refractivity contribution in [2.24, 2.45) is 19.2 Å². The number of anilines is 1. The van der Waals surface area contributed by atoms with Crippen LogP contribution in [0.4, 0.5) is 11.5 Å². The van der Waals surface area contributed by atoms with Crippen LogP contribution in [0.5, 0.6) is 5.75 Å². The average Bonchev–Trinajstić information content (AvgIpc) is 2.76. The highest BCUT2D eigenvalue weighted by Crippen LogP contribution is 2.28. The van der Waals surface area contributed by atoms with Crippen LogP contribution in [0.25, 0.3) is 0 Å². The van der Waals surface area contributed by atoms with Crippen LogP contribution >= 0.6 is 0 Å². The number of rotatable bonds is 7. The van der Waals surface area contributed by atoms with Gasteiger partial charge in [0.05, 0.1) is 18.9 Å². The summed E-state index contributed by atoms with van der Waals surface area (Å²) in [7, 11) is 4.55. The van der Waals surface area contributed by atoms with E-state index in [2.05, 4.69) is 21.0 Å². The molecule has 10 nitrogen and oxygen atoms in total. The zero-order chi connectivity index (χ0) is 21.7. The van der Waals surface area contributed by atoms with E-state index in [9.17, 15) is 14.8 Å². The summed E-state index contributed by atoms with van der Waals surface area (Å²) in [6.45, 7) is 4.55. The minimum atomic E-state index is -0.512. The molecule has 162 valence electrons. The predicted octanol–water partition coefficient (Wildman–Crippen LogP) is 0.899. The molecule has 1 aromatic carbocycles. The van der Waals surface area contributed by atoms with E-state index >= 15 is 0 Å². The van der Waals surface area contributed by atoms with E-state index in [-0.39, 0.29) is 12.4 Å². The lowest BCUT2D eigenvalue weighted by molar-refractivity contribution is -0.525. The van der Waals surface area contributed by atoms with Crippen LogP contribution in [0.3, 0.4) is 0 Å². The fraction of sp³-hybridized carbons (Fsp3) is 0.500. The van der Waals surface area contributed by atoms with Gasteiger partial charge in [-0.15, -0.1) is 0 Å². The standard InChI is InChI=1S/C20H28N6O4/c1-22-18(15-19(27)23(2)20(22)28)21-26(29)10-6-9-24-11-13-25(14-12-24)16-7-4-5-8-17(16)30-3/h4-5,7-8,15H,6,9-14H2,1-3H3. The lowest BCUT2D eigenvalue weighted by Gasteiger charge is -2.36. The van der Waals surface area contributed by atoms with E-state index in [1.165, 1.54) is 24.7 Å². The smallest absolute Gasteiger partial charge is 0.332 e. The molecule has 1 aliphatic heterocycles. The third-order valence-corrected chi connectivity index (χ3v) is 5.34. The molecule has 30 heavy (non-hydrogen) atoms. The summed E-state index contributed by atoms with van der Waals surface area (Å²) in [6.07, 6.45) is 0.639. The quantitative estimate of drug-likeness (QED) is 0.378. The van der Waals surface area contributed by atoms with E-state index in [0.717, 1.165) is 48.7 Å². The molecule has 1 aromatic heterocycles. The number of piperazine rings is 1. The van der Waals surface area contributed by atoms with Gasteiger partial charge in [0.15, 0.2) is 6.54 Å². The summed E-state index contributed by atoms with van der Waals surface area (Å²) in [4.78, 5) is 28.8. The number of para-hydroxylation sites is 2. The van der Waals surface area contributed by atoms with Gasteiger partial charge in [-0.2, -0.15) is 0 Å². The molecule has 2 aromatic rings. The third-order valence-electron chi connectivity index (χ3n) is 5.34. The highest BCUT2D eigenvalue weighted by atomic mass is 16.5. The summed E-state index contributed by atoms with van der Waals surface area (Å²) in [5, 5.41) is 16.0. The lowest BCUT2D eigenvalue weighted by atomic mass is 10.2. The number of hydrogen-bond acceptors (Lipinski definition) is 7. The topological polar surface area (TPSA) is 98.1 Å². The molecule has 0 aliphatic carbocycles. The van der Waals surface area contributed by atoms with Gasteiger partial charge in [0.1, 0.15) is 5.75 Å². The molecule has 0 spiro atoms. The van der Waals surface area contributed by atoms with Gasteiger partial charge >= 0.3 is 5.69 Å². The van der Waals surface area contributed by atoms with E-state index < -0.39 is 11.2 Å². The Bertz CT molecular complexity index is 1020. The Labute approximate surface area is 174 Å². The number of ether oxygens (including phenoxy) is 1. The van der Waals surface area contributed by atoms with Crippen LogP contribution in [0, 0.1) is 5.21 Å². The Kier molecular flexibility index (Phi) is 6.88. The van der Waals surface area contributed by atoms with Crippen molar-refractivity contribution >= 4 is 11.5 Å². The van der Waals surface area contributed by atoms with E-state index in [0.29, 0.717) is 11.3 Å². The summed E-state index contributed by atoms with van der Waals surface area (Å²) >= 11 is 0. The highest BCUT2D eigenvalue weighted by molar-refractivity contribution is 5.58. The lowest BCUT2D eigenvalue weighted by Crippen LogP contribution is -2.47. The maximum absolute atomic E-state index is 12.1. The Morgan fingerprint density at radius 1 is 1.10 bits per heavy atom. The zero-order valence-corrected chi connectivity index (χ0v) is 17.7. The molecule has 0 bridgehead atoms. The van der Waals surface area contributed by atoms with Gasteiger partial charge in [-0.05, 0) is 12.1 Å².